The number of hydrogen-bond acceptors (Lipinski definition) is 3. The second-order valence-corrected chi connectivity index (χ2v) is 7.41. The fraction of sp³-hybridized carbons (Fsp3) is 0.500. The molecule has 0 amide bonds. The first-order valence-corrected chi connectivity index (χ1v) is 9.38. The molecule has 0 atom stereocenters. The Hall–Kier alpha value is -2.08. The van der Waals surface area contributed by atoms with Crippen molar-refractivity contribution >= 4 is 0 Å². The van der Waals surface area contributed by atoms with E-state index in [0.29, 0.717) is 37.5 Å². The third-order valence-corrected chi connectivity index (χ3v) is 5.56. The number of H-pyrrole nitrogens is 1. The van der Waals surface area contributed by atoms with E-state index in [2.05, 4.69) is 4.98 Å². The van der Waals surface area contributed by atoms with E-state index in [1.807, 2.05) is 4.90 Å². The van der Waals surface area contributed by atoms with Crippen LogP contribution in [0, 0.1) is 11.6 Å². The highest BCUT2D eigenvalue weighted by atomic mass is 19.1. The van der Waals surface area contributed by atoms with Crippen LogP contribution >= 0.6 is 0 Å². The zero-order valence-electron chi connectivity index (χ0n) is 14.7. The van der Waals surface area contributed by atoms with E-state index in [9.17, 15) is 13.6 Å². The molecule has 138 valence electrons. The quantitative estimate of drug-likeness (QED) is 0.910. The minimum Gasteiger partial charge on any atom is -0.310 e. The van der Waals surface area contributed by atoms with Crippen molar-refractivity contribution in [1.29, 1.82) is 0 Å². The van der Waals surface area contributed by atoms with Crippen LogP contribution in [0.1, 0.15) is 60.7 Å². The van der Waals surface area contributed by atoms with E-state index in [1.54, 1.807) is 0 Å². The Morgan fingerprint density at radius 2 is 2.00 bits per heavy atom. The highest BCUT2D eigenvalue weighted by Crippen LogP contribution is 2.31. The number of rotatable bonds is 3. The van der Waals surface area contributed by atoms with Gasteiger partial charge in [-0.05, 0) is 37.5 Å². The summed E-state index contributed by atoms with van der Waals surface area (Å²) in [4.78, 5) is 22.2. The van der Waals surface area contributed by atoms with Gasteiger partial charge in [-0.1, -0.05) is 19.3 Å². The molecule has 1 aliphatic heterocycles. The van der Waals surface area contributed by atoms with Crippen molar-refractivity contribution in [3.63, 3.8) is 0 Å². The summed E-state index contributed by atoms with van der Waals surface area (Å²) in [5.74, 6) is 0.289. The molecule has 1 fully saturated rings. The first-order valence-electron chi connectivity index (χ1n) is 9.38. The maximum absolute atomic E-state index is 13.9. The molecule has 1 N–H and O–H groups in total. The summed E-state index contributed by atoms with van der Waals surface area (Å²) >= 11 is 0. The van der Waals surface area contributed by atoms with Crippen LogP contribution in [0.15, 0.2) is 23.0 Å². The molecular formula is C20H23F2N3O. The Labute approximate surface area is 151 Å². The number of aromatic amines is 1. The largest absolute Gasteiger partial charge is 0.310 e. The number of aromatic nitrogens is 2. The van der Waals surface area contributed by atoms with Crippen molar-refractivity contribution < 1.29 is 8.78 Å². The average molecular weight is 359 g/mol. The molecule has 4 rings (SSSR count). The SMILES string of the molecule is O=c1[nH]c(C2CCCCC2)nc2c1CCN(Cc1cc(F)ccc1F)C2. The van der Waals surface area contributed by atoms with Crippen molar-refractivity contribution in [1.82, 2.24) is 14.9 Å². The lowest BCUT2D eigenvalue weighted by Gasteiger charge is -2.29. The summed E-state index contributed by atoms with van der Waals surface area (Å²) < 4.78 is 27.3. The van der Waals surface area contributed by atoms with Gasteiger partial charge in [0.1, 0.15) is 17.5 Å². The van der Waals surface area contributed by atoms with Gasteiger partial charge in [0.15, 0.2) is 0 Å². The van der Waals surface area contributed by atoms with Crippen LogP contribution in [0.3, 0.4) is 0 Å². The van der Waals surface area contributed by atoms with E-state index in [0.717, 1.165) is 42.1 Å². The van der Waals surface area contributed by atoms with E-state index in [-0.39, 0.29) is 5.56 Å². The third-order valence-electron chi connectivity index (χ3n) is 5.56. The second kappa shape index (κ2) is 7.27. The molecule has 4 nitrogen and oxygen atoms in total. The number of nitrogens with one attached hydrogen (secondary N) is 1. The van der Waals surface area contributed by atoms with Gasteiger partial charge in [0, 0.05) is 36.7 Å². The van der Waals surface area contributed by atoms with Gasteiger partial charge in [-0.25, -0.2) is 13.8 Å². The maximum Gasteiger partial charge on any atom is 0.254 e. The molecule has 2 aromatic rings. The first-order chi connectivity index (χ1) is 12.6. The lowest BCUT2D eigenvalue weighted by atomic mass is 9.88. The normalized spacial score (nSPS) is 18.7. The lowest BCUT2D eigenvalue weighted by molar-refractivity contribution is 0.236. The highest BCUT2D eigenvalue weighted by Gasteiger charge is 2.25. The fourth-order valence-corrected chi connectivity index (χ4v) is 4.12. The number of halogens is 2. The molecule has 0 radical (unpaired) electrons. The molecule has 0 saturated heterocycles. The molecule has 1 aromatic carbocycles. The second-order valence-electron chi connectivity index (χ2n) is 7.41. The van der Waals surface area contributed by atoms with E-state index in [4.69, 9.17) is 4.98 Å². The molecule has 0 unspecified atom stereocenters. The summed E-state index contributed by atoms with van der Waals surface area (Å²) in [7, 11) is 0. The van der Waals surface area contributed by atoms with Gasteiger partial charge in [0.25, 0.3) is 5.56 Å². The van der Waals surface area contributed by atoms with Crippen molar-refractivity contribution in [2.24, 2.45) is 0 Å². The predicted molar refractivity (Wildman–Crippen MR) is 94.9 cm³/mol. The molecule has 1 aliphatic carbocycles. The predicted octanol–water partition coefficient (Wildman–Crippen LogP) is 3.65. The molecule has 0 spiro atoms. The highest BCUT2D eigenvalue weighted by molar-refractivity contribution is 5.23. The Morgan fingerprint density at radius 3 is 2.81 bits per heavy atom. The zero-order valence-corrected chi connectivity index (χ0v) is 14.7. The van der Waals surface area contributed by atoms with Crippen molar-refractivity contribution in [2.75, 3.05) is 6.54 Å². The number of fused-ring (bicyclic) bond motifs is 1. The first kappa shape index (κ1) is 17.3. The van der Waals surface area contributed by atoms with Crippen LogP contribution in [0.25, 0.3) is 0 Å². The average Bonchev–Trinajstić information content (AvgIpc) is 2.65. The van der Waals surface area contributed by atoms with Crippen LogP contribution in [0.2, 0.25) is 0 Å². The van der Waals surface area contributed by atoms with Gasteiger partial charge in [-0.15, -0.1) is 0 Å². The standard InChI is InChI=1S/C20H23F2N3O/c21-15-6-7-17(22)14(10-15)11-25-9-8-16-18(12-25)23-19(24-20(16)26)13-4-2-1-3-5-13/h6-7,10,13H,1-5,8-9,11-12H2,(H,23,24,26). The molecule has 26 heavy (non-hydrogen) atoms. The Bertz CT molecular complexity index is 859. The summed E-state index contributed by atoms with van der Waals surface area (Å²) in [5, 5.41) is 0. The molecule has 1 aromatic heterocycles. The van der Waals surface area contributed by atoms with Gasteiger partial charge >= 0.3 is 0 Å². The van der Waals surface area contributed by atoms with Gasteiger partial charge in [0.05, 0.1) is 5.69 Å². The minimum absolute atomic E-state index is 0.0350. The molecular weight excluding hydrogens is 336 g/mol. The van der Waals surface area contributed by atoms with Gasteiger partial charge in [-0.2, -0.15) is 0 Å². The molecule has 0 bridgehead atoms. The lowest BCUT2D eigenvalue weighted by Crippen LogP contribution is -2.36. The summed E-state index contributed by atoms with van der Waals surface area (Å²) in [6.07, 6.45) is 6.32. The van der Waals surface area contributed by atoms with Crippen LogP contribution in [-0.2, 0) is 19.5 Å². The van der Waals surface area contributed by atoms with Crippen molar-refractivity contribution in [3.05, 3.63) is 62.8 Å². The summed E-state index contributed by atoms with van der Waals surface area (Å²) in [6.45, 7) is 1.45. The summed E-state index contributed by atoms with van der Waals surface area (Å²) in [6, 6.07) is 3.53. The van der Waals surface area contributed by atoms with E-state index >= 15 is 0 Å². The fourth-order valence-electron chi connectivity index (χ4n) is 4.12. The van der Waals surface area contributed by atoms with Gasteiger partial charge in [0.2, 0.25) is 0 Å². The van der Waals surface area contributed by atoms with Crippen LogP contribution in [-0.4, -0.2) is 21.4 Å². The Morgan fingerprint density at radius 1 is 1.19 bits per heavy atom. The topological polar surface area (TPSA) is 49.0 Å². The van der Waals surface area contributed by atoms with E-state index < -0.39 is 11.6 Å². The monoisotopic (exact) mass is 359 g/mol. The minimum atomic E-state index is -0.437. The number of hydrogen-bond donors (Lipinski definition) is 1. The Balaban J connectivity index is 1.56. The zero-order chi connectivity index (χ0) is 18.1. The number of nitrogens with zero attached hydrogens (tertiary/aromatic N) is 2. The third kappa shape index (κ3) is 3.56. The molecule has 6 heteroatoms. The van der Waals surface area contributed by atoms with Crippen LogP contribution < -0.4 is 5.56 Å². The van der Waals surface area contributed by atoms with Crippen molar-refractivity contribution in [2.45, 2.75) is 57.5 Å². The van der Waals surface area contributed by atoms with Gasteiger partial charge in [-0.3, -0.25) is 9.69 Å². The molecule has 1 saturated carbocycles. The van der Waals surface area contributed by atoms with Crippen LogP contribution in [0.5, 0.6) is 0 Å². The van der Waals surface area contributed by atoms with Gasteiger partial charge < -0.3 is 4.98 Å². The van der Waals surface area contributed by atoms with E-state index in [1.165, 1.54) is 25.3 Å². The Kier molecular flexibility index (Phi) is 4.85. The van der Waals surface area contributed by atoms with Crippen LogP contribution in [0.4, 0.5) is 8.78 Å². The molecule has 2 aliphatic rings. The smallest absolute Gasteiger partial charge is 0.254 e. The molecule has 2 heterocycles. The maximum atomic E-state index is 13.9. The number of benzene rings is 1. The summed E-state index contributed by atoms with van der Waals surface area (Å²) in [5.41, 5.74) is 1.83. The van der Waals surface area contributed by atoms with Crippen molar-refractivity contribution in [3.8, 4) is 0 Å².